The molecule has 2 rings (SSSR count). The first-order chi connectivity index (χ1) is 9.31. The Morgan fingerprint density at radius 2 is 2.21 bits per heavy atom. The Kier molecular flexibility index (Phi) is 5.44. The van der Waals surface area contributed by atoms with Gasteiger partial charge >= 0.3 is 0 Å². The molecule has 1 aliphatic rings. The normalized spacial score (nSPS) is 15.6. The smallest absolute Gasteiger partial charge is 0.262 e. The number of rotatable bonds is 3. The zero-order valence-electron chi connectivity index (χ0n) is 10.9. The van der Waals surface area contributed by atoms with Gasteiger partial charge < -0.3 is 10.4 Å². The lowest BCUT2D eigenvalue weighted by Crippen LogP contribution is -2.30. The van der Waals surface area contributed by atoms with Crippen molar-refractivity contribution >= 4 is 17.2 Å². The maximum absolute atomic E-state index is 12.1. The van der Waals surface area contributed by atoms with Crippen LogP contribution in [0.3, 0.4) is 0 Å². The number of amides is 1. The Morgan fingerprint density at radius 3 is 2.95 bits per heavy atom. The van der Waals surface area contributed by atoms with Crippen molar-refractivity contribution < 1.29 is 9.90 Å². The lowest BCUT2D eigenvalue weighted by atomic mass is 9.89. The third-order valence-electron chi connectivity index (χ3n) is 3.45. The van der Waals surface area contributed by atoms with Crippen molar-refractivity contribution in [2.45, 2.75) is 32.1 Å². The number of thiophene rings is 1. The van der Waals surface area contributed by atoms with Gasteiger partial charge in [-0.2, -0.15) is 0 Å². The predicted molar refractivity (Wildman–Crippen MR) is 77.2 cm³/mol. The molecule has 0 spiro atoms. The summed E-state index contributed by atoms with van der Waals surface area (Å²) in [5.41, 5.74) is 0.709. The molecule has 1 aliphatic carbocycles. The van der Waals surface area contributed by atoms with E-state index >= 15 is 0 Å². The highest BCUT2D eigenvalue weighted by Crippen LogP contribution is 2.23. The van der Waals surface area contributed by atoms with Crippen LogP contribution in [-0.2, 0) is 0 Å². The number of nitrogens with one attached hydrogen (secondary N) is 1. The quantitative estimate of drug-likeness (QED) is 0.834. The van der Waals surface area contributed by atoms with Crippen LogP contribution in [0.2, 0.25) is 0 Å². The lowest BCUT2D eigenvalue weighted by molar-refractivity contribution is 0.0947. The summed E-state index contributed by atoms with van der Waals surface area (Å²) in [6.45, 7) is 0.586. The standard InChI is InChI=1S/C15H19NO2S/c17-9-4-7-13-8-10-19-14(13)15(18)16-11-12-5-2-1-3-6-12/h8,10,12,17H,1-3,5-6,9,11H2,(H,16,18). The molecule has 0 aromatic carbocycles. The van der Waals surface area contributed by atoms with E-state index in [-0.39, 0.29) is 12.5 Å². The number of aliphatic hydroxyl groups excluding tert-OH is 1. The van der Waals surface area contributed by atoms with Gasteiger partial charge in [-0.25, -0.2) is 0 Å². The number of carbonyl (C=O) groups is 1. The largest absolute Gasteiger partial charge is 0.384 e. The minimum atomic E-state index is -0.182. The van der Waals surface area contributed by atoms with Crippen LogP contribution in [0.15, 0.2) is 11.4 Å². The Morgan fingerprint density at radius 1 is 1.42 bits per heavy atom. The topological polar surface area (TPSA) is 49.3 Å². The van der Waals surface area contributed by atoms with E-state index in [1.807, 2.05) is 11.4 Å². The molecule has 0 aliphatic heterocycles. The van der Waals surface area contributed by atoms with Gasteiger partial charge in [0, 0.05) is 12.1 Å². The van der Waals surface area contributed by atoms with Crippen molar-refractivity contribution in [3.63, 3.8) is 0 Å². The van der Waals surface area contributed by atoms with Crippen molar-refractivity contribution in [2.24, 2.45) is 5.92 Å². The molecule has 4 heteroatoms. The van der Waals surface area contributed by atoms with Crippen LogP contribution in [0, 0.1) is 17.8 Å². The van der Waals surface area contributed by atoms with E-state index in [0.29, 0.717) is 16.4 Å². The Labute approximate surface area is 118 Å². The highest BCUT2D eigenvalue weighted by molar-refractivity contribution is 7.12. The summed E-state index contributed by atoms with van der Waals surface area (Å²) in [6.07, 6.45) is 6.35. The summed E-state index contributed by atoms with van der Waals surface area (Å²) < 4.78 is 0. The Bertz CT molecular complexity index is 478. The average molecular weight is 277 g/mol. The second kappa shape index (κ2) is 7.32. The van der Waals surface area contributed by atoms with Crippen LogP contribution >= 0.6 is 11.3 Å². The first-order valence-corrected chi connectivity index (χ1v) is 7.64. The van der Waals surface area contributed by atoms with E-state index in [4.69, 9.17) is 5.11 Å². The van der Waals surface area contributed by atoms with Crippen LogP contribution in [0.4, 0.5) is 0 Å². The summed E-state index contributed by atoms with van der Waals surface area (Å²) in [5, 5.41) is 13.6. The molecule has 0 bridgehead atoms. The van der Waals surface area contributed by atoms with Gasteiger partial charge in [-0.1, -0.05) is 31.1 Å². The highest BCUT2D eigenvalue weighted by Gasteiger charge is 2.16. The fraction of sp³-hybridized carbons (Fsp3) is 0.533. The molecule has 1 aromatic rings. The SMILES string of the molecule is O=C(NCC1CCCCC1)c1sccc1C#CCO. The Hall–Kier alpha value is -1.31. The summed E-state index contributed by atoms with van der Waals surface area (Å²) in [4.78, 5) is 12.8. The van der Waals surface area contributed by atoms with Gasteiger partial charge in [-0.05, 0) is 30.2 Å². The third kappa shape index (κ3) is 4.09. The minimum Gasteiger partial charge on any atom is -0.384 e. The van der Waals surface area contributed by atoms with Gasteiger partial charge in [0.1, 0.15) is 11.5 Å². The molecule has 1 saturated carbocycles. The van der Waals surface area contributed by atoms with Gasteiger partial charge in [0.15, 0.2) is 0 Å². The third-order valence-corrected chi connectivity index (χ3v) is 4.36. The van der Waals surface area contributed by atoms with Crippen molar-refractivity contribution in [1.29, 1.82) is 0 Å². The fourth-order valence-electron chi connectivity index (χ4n) is 2.43. The van der Waals surface area contributed by atoms with E-state index in [9.17, 15) is 4.79 Å². The van der Waals surface area contributed by atoms with Crippen LogP contribution < -0.4 is 5.32 Å². The van der Waals surface area contributed by atoms with Gasteiger partial charge in [0.05, 0.1) is 0 Å². The number of hydrogen-bond donors (Lipinski definition) is 2. The first kappa shape index (κ1) is 14.1. The Balaban J connectivity index is 1.90. The second-order valence-electron chi connectivity index (χ2n) is 4.84. The first-order valence-electron chi connectivity index (χ1n) is 6.76. The zero-order chi connectivity index (χ0) is 13.5. The summed E-state index contributed by atoms with van der Waals surface area (Å²) in [7, 11) is 0. The average Bonchev–Trinajstić information content (AvgIpc) is 2.92. The highest BCUT2D eigenvalue weighted by atomic mass is 32.1. The van der Waals surface area contributed by atoms with Gasteiger partial charge in [-0.3, -0.25) is 4.79 Å². The molecule has 1 aromatic heterocycles. The fourth-order valence-corrected chi connectivity index (χ4v) is 3.19. The van der Waals surface area contributed by atoms with Crippen molar-refractivity contribution in [3.8, 4) is 11.8 Å². The van der Waals surface area contributed by atoms with Gasteiger partial charge in [0.25, 0.3) is 5.91 Å². The van der Waals surface area contributed by atoms with Crippen molar-refractivity contribution in [1.82, 2.24) is 5.32 Å². The molecule has 19 heavy (non-hydrogen) atoms. The lowest BCUT2D eigenvalue weighted by Gasteiger charge is -2.21. The molecular weight excluding hydrogens is 258 g/mol. The monoisotopic (exact) mass is 277 g/mol. The maximum atomic E-state index is 12.1. The van der Waals surface area contributed by atoms with E-state index < -0.39 is 0 Å². The zero-order valence-corrected chi connectivity index (χ0v) is 11.8. The van der Waals surface area contributed by atoms with Crippen LogP contribution in [0.1, 0.15) is 47.3 Å². The number of carbonyl (C=O) groups excluding carboxylic acids is 1. The summed E-state index contributed by atoms with van der Waals surface area (Å²) >= 11 is 1.40. The molecule has 1 amide bonds. The van der Waals surface area contributed by atoms with Crippen LogP contribution in [0.25, 0.3) is 0 Å². The predicted octanol–water partition coefficient (Wildman–Crippen LogP) is 2.40. The van der Waals surface area contributed by atoms with E-state index in [1.54, 1.807) is 0 Å². The molecule has 0 saturated heterocycles. The molecule has 1 heterocycles. The van der Waals surface area contributed by atoms with Crippen LogP contribution in [-0.4, -0.2) is 24.2 Å². The van der Waals surface area contributed by atoms with Crippen molar-refractivity contribution in [3.05, 3.63) is 21.9 Å². The molecule has 0 atom stereocenters. The molecular formula is C15H19NO2S. The molecule has 1 fully saturated rings. The van der Waals surface area contributed by atoms with Crippen molar-refractivity contribution in [2.75, 3.05) is 13.2 Å². The van der Waals surface area contributed by atoms with Gasteiger partial charge in [0.2, 0.25) is 0 Å². The summed E-state index contributed by atoms with van der Waals surface area (Å²) in [6, 6.07) is 1.82. The second-order valence-corrected chi connectivity index (χ2v) is 5.75. The van der Waals surface area contributed by atoms with E-state index in [1.165, 1.54) is 43.4 Å². The van der Waals surface area contributed by atoms with E-state index in [2.05, 4.69) is 17.2 Å². The summed E-state index contributed by atoms with van der Waals surface area (Å²) in [5.74, 6) is 5.99. The minimum absolute atomic E-state index is 0.0391. The van der Waals surface area contributed by atoms with E-state index in [0.717, 1.165) is 6.54 Å². The molecule has 2 N–H and O–H groups in total. The molecule has 3 nitrogen and oxygen atoms in total. The van der Waals surface area contributed by atoms with Gasteiger partial charge in [-0.15, -0.1) is 11.3 Å². The molecule has 0 unspecified atom stereocenters. The maximum Gasteiger partial charge on any atom is 0.262 e. The number of hydrogen-bond acceptors (Lipinski definition) is 3. The number of aliphatic hydroxyl groups is 1. The molecule has 102 valence electrons. The van der Waals surface area contributed by atoms with Crippen LogP contribution in [0.5, 0.6) is 0 Å². The molecule has 0 radical (unpaired) electrons.